The summed E-state index contributed by atoms with van der Waals surface area (Å²) >= 11 is 0. The van der Waals surface area contributed by atoms with E-state index in [0.717, 1.165) is 23.4 Å². The zero-order chi connectivity index (χ0) is 25.4. The lowest BCUT2D eigenvalue weighted by atomic mass is 10.2. The summed E-state index contributed by atoms with van der Waals surface area (Å²) in [6.07, 6.45) is 3.32. The van der Waals surface area contributed by atoms with Gasteiger partial charge < -0.3 is 15.5 Å². The molecular formula is C25H28FN5O3S. The molecule has 0 unspecified atom stereocenters. The molecule has 0 spiro atoms. The molecule has 0 saturated heterocycles. The van der Waals surface area contributed by atoms with Gasteiger partial charge in [-0.3, -0.25) is 14.8 Å². The molecule has 1 aromatic heterocycles. The van der Waals surface area contributed by atoms with Gasteiger partial charge in [0.2, 0.25) is 9.84 Å². The van der Waals surface area contributed by atoms with Crippen LogP contribution in [-0.2, 0) is 16.4 Å². The van der Waals surface area contributed by atoms with Crippen LogP contribution in [0.4, 0.5) is 10.1 Å². The third-order valence-electron chi connectivity index (χ3n) is 5.38. The number of amides is 1. The quantitative estimate of drug-likeness (QED) is 0.363. The molecule has 0 aliphatic rings. The number of nitrogens with zero attached hydrogens (tertiary/aromatic N) is 3. The number of carbonyl (C=O) groups excluding carboxylic acids is 1. The number of carbonyl (C=O) groups is 1. The fourth-order valence-electron chi connectivity index (χ4n) is 3.39. The lowest BCUT2D eigenvalue weighted by molar-refractivity contribution is 0.0772. The third-order valence-corrected chi connectivity index (χ3v) is 7.16. The van der Waals surface area contributed by atoms with Crippen LogP contribution in [0.2, 0.25) is 0 Å². The highest BCUT2D eigenvalue weighted by atomic mass is 32.2. The van der Waals surface area contributed by atoms with E-state index in [4.69, 9.17) is 0 Å². The number of anilines is 1. The Balaban J connectivity index is 1.76. The SMILES string of the molecule is CCN(CC)C(=O)c1ccc(F)c(S(=O)(=O)c2ccc(CN/C(=N\C)Nc3ccncc3)cc2)c1. The van der Waals surface area contributed by atoms with Crippen LogP contribution < -0.4 is 10.6 Å². The molecule has 2 N–H and O–H groups in total. The minimum Gasteiger partial charge on any atom is -0.352 e. The van der Waals surface area contributed by atoms with Gasteiger partial charge in [0.1, 0.15) is 10.7 Å². The highest BCUT2D eigenvalue weighted by Crippen LogP contribution is 2.25. The third kappa shape index (κ3) is 6.21. The summed E-state index contributed by atoms with van der Waals surface area (Å²) < 4.78 is 40.8. The van der Waals surface area contributed by atoms with E-state index in [2.05, 4.69) is 20.6 Å². The van der Waals surface area contributed by atoms with E-state index in [1.807, 2.05) is 13.8 Å². The van der Waals surface area contributed by atoms with Crippen molar-refractivity contribution in [2.24, 2.45) is 4.99 Å². The molecule has 0 radical (unpaired) electrons. The number of benzene rings is 2. The molecule has 0 fully saturated rings. The number of nitrogens with one attached hydrogen (secondary N) is 2. The number of guanidine groups is 1. The van der Waals surface area contributed by atoms with Crippen LogP contribution in [0.15, 0.2) is 81.8 Å². The van der Waals surface area contributed by atoms with Crippen LogP contribution >= 0.6 is 0 Å². The smallest absolute Gasteiger partial charge is 0.253 e. The zero-order valence-corrected chi connectivity index (χ0v) is 20.6. The van der Waals surface area contributed by atoms with Gasteiger partial charge in [-0.1, -0.05) is 12.1 Å². The zero-order valence-electron chi connectivity index (χ0n) is 19.8. The average molecular weight is 498 g/mol. The van der Waals surface area contributed by atoms with E-state index in [1.165, 1.54) is 18.2 Å². The molecule has 0 aliphatic carbocycles. The van der Waals surface area contributed by atoms with Crippen LogP contribution in [0, 0.1) is 5.82 Å². The molecule has 0 aliphatic heterocycles. The number of halogens is 1. The van der Waals surface area contributed by atoms with Crippen LogP contribution in [0.25, 0.3) is 0 Å². The molecule has 0 saturated carbocycles. The molecule has 2 aromatic carbocycles. The Hall–Kier alpha value is -3.79. The Morgan fingerprint density at radius 2 is 1.69 bits per heavy atom. The number of aromatic nitrogens is 1. The Morgan fingerprint density at radius 1 is 1.03 bits per heavy atom. The summed E-state index contributed by atoms with van der Waals surface area (Å²) in [5, 5.41) is 6.26. The highest BCUT2D eigenvalue weighted by molar-refractivity contribution is 7.91. The van der Waals surface area contributed by atoms with Crippen molar-refractivity contribution in [2.75, 3.05) is 25.5 Å². The van der Waals surface area contributed by atoms with E-state index in [-0.39, 0.29) is 16.4 Å². The first-order valence-corrected chi connectivity index (χ1v) is 12.6. The maximum absolute atomic E-state index is 14.5. The predicted octanol–water partition coefficient (Wildman–Crippen LogP) is 3.72. The van der Waals surface area contributed by atoms with Crippen LogP contribution in [0.5, 0.6) is 0 Å². The average Bonchev–Trinajstić information content (AvgIpc) is 2.88. The molecule has 10 heteroatoms. The van der Waals surface area contributed by atoms with Gasteiger partial charge in [-0.25, -0.2) is 12.8 Å². The first-order chi connectivity index (χ1) is 16.8. The van der Waals surface area contributed by atoms with Crippen LogP contribution in [0.1, 0.15) is 29.8 Å². The van der Waals surface area contributed by atoms with Gasteiger partial charge in [-0.05, 0) is 61.9 Å². The standard InChI is InChI=1S/C25H28FN5O3S/c1-4-31(5-2)24(32)19-8-11-22(26)23(16-19)35(33,34)21-9-6-18(7-10-21)17-29-25(27-3)30-20-12-14-28-15-13-20/h6-16H,4-5,17H2,1-3H3,(H2,27,28,29,30). The molecule has 3 aromatic rings. The summed E-state index contributed by atoms with van der Waals surface area (Å²) in [5.41, 5.74) is 1.74. The van der Waals surface area contributed by atoms with E-state index < -0.39 is 20.5 Å². The first kappa shape index (κ1) is 25.8. The molecule has 0 bridgehead atoms. The highest BCUT2D eigenvalue weighted by Gasteiger charge is 2.24. The van der Waals surface area contributed by atoms with E-state index >= 15 is 0 Å². The second kappa shape index (κ2) is 11.6. The van der Waals surface area contributed by atoms with Crippen LogP contribution in [-0.4, -0.2) is 50.3 Å². The van der Waals surface area contributed by atoms with Gasteiger partial charge in [0.25, 0.3) is 5.91 Å². The molecule has 8 nitrogen and oxygen atoms in total. The fourth-order valence-corrected chi connectivity index (χ4v) is 4.74. The number of hydrogen-bond donors (Lipinski definition) is 2. The maximum atomic E-state index is 14.5. The topological polar surface area (TPSA) is 104 Å². The van der Waals surface area contributed by atoms with E-state index in [1.54, 1.807) is 48.6 Å². The van der Waals surface area contributed by atoms with Gasteiger partial charge in [-0.2, -0.15) is 0 Å². The first-order valence-electron chi connectivity index (χ1n) is 11.1. The van der Waals surface area contributed by atoms with E-state index in [0.29, 0.717) is 25.6 Å². The van der Waals surface area contributed by atoms with Crippen molar-refractivity contribution in [3.63, 3.8) is 0 Å². The molecule has 0 atom stereocenters. The largest absolute Gasteiger partial charge is 0.352 e. The molecule has 1 heterocycles. The predicted molar refractivity (Wildman–Crippen MR) is 134 cm³/mol. The minimum absolute atomic E-state index is 0.0631. The van der Waals surface area contributed by atoms with Crippen molar-refractivity contribution in [3.05, 3.63) is 83.9 Å². The lowest BCUT2D eigenvalue weighted by Crippen LogP contribution is -2.30. The lowest BCUT2D eigenvalue weighted by Gasteiger charge is -2.19. The molecule has 35 heavy (non-hydrogen) atoms. The Labute approximate surface area is 204 Å². The van der Waals surface area contributed by atoms with Crippen molar-refractivity contribution in [3.8, 4) is 0 Å². The van der Waals surface area contributed by atoms with Crippen molar-refractivity contribution >= 4 is 27.4 Å². The molecule has 3 rings (SSSR count). The molecule has 1 amide bonds. The minimum atomic E-state index is -4.17. The number of pyridine rings is 1. The molecular weight excluding hydrogens is 469 g/mol. The summed E-state index contributed by atoms with van der Waals surface area (Å²) in [7, 11) is -2.53. The van der Waals surface area contributed by atoms with Gasteiger partial charge in [0.15, 0.2) is 5.96 Å². The number of rotatable bonds is 8. The Bertz CT molecular complexity index is 1290. The van der Waals surface area contributed by atoms with Gasteiger partial charge in [-0.15, -0.1) is 0 Å². The van der Waals surface area contributed by atoms with Crippen molar-refractivity contribution in [1.29, 1.82) is 0 Å². The van der Waals surface area contributed by atoms with Crippen molar-refractivity contribution in [2.45, 2.75) is 30.2 Å². The van der Waals surface area contributed by atoms with Gasteiger partial charge >= 0.3 is 0 Å². The summed E-state index contributed by atoms with van der Waals surface area (Å²) in [6, 6.07) is 13.2. The fraction of sp³-hybridized carbons (Fsp3) is 0.240. The van der Waals surface area contributed by atoms with Crippen molar-refractivity contribution in [1.82, 2.24) is 15.2 Å². The second-order valence-corrected chi connectivity index (χ2v) is 9.47. The summed E-state index contributed by atoms with van der Waals surface area (Å²) in [6.45, 7) is 4.96. The number of hydrogen-bond acceptors (Lipinski definition) is 5. The number of sulfone groups is 1. The number of aliphatic imine (C=N–C) groups is 1. The van der Waals surface area contributed by atoms with Crippen molar-refractivity contribution < 1.29 is 17.6 Å². The van der Waals surface area contributed by atoms with E-state index in [9.17, 15) is 17.6 Å². The maximum Gasteiger partial charge on any atom is 0.253 e. The Kier molecular flexibility index (Phi) is 8.53. The van der Waals surface area contributed by atoms with Gasteiger partial charge in [0.05, 0.1) is 4.90 Å². The summed E-state index contributed by atoms with van der Waals surface area (Å²) in [5.74, 6) is -0.718. The van der Waals surface area contributed by atoms with Gasteiger partial charge in [0, 0.05) is 50.3 Å². The molecule has 184 valence electrons. The normalized spacial score (nSPS) is 11.7. The van der Waals surface area contributed by atoms with Crippen LogP contribution in [0.3, 0.4) is 0 Å². The second-order valence-electron chi connectivity index (χ2n) is 7.56. The Morgan fingerprint density at radius 3 is 2.29 bits per heavy atom. The summed E-state index contributed by atoms with van der Waals surface area (Å²) in [4.78, 5) is 21.7. The monoisotopic (exact) mass is 497 g/mol.